The zero-order valence-electron chi connectivity index (χ0n) is 18.5. The maximum atomic E-state index is 12.6. The number of carbonyl (C=O) groups is 2. The second-order valence-electron chi connectivity index (χ2n) is 7.09. The standard InChI is InChI=1S/C25H31NO4/c1-6-9-20-16-21(24(30-8-3)17-23(20)29-7-2)14-15-22(27)18-10-12-19(13-11-18)25(28)26(4)5/h10-17H,6-9H2,1-5H3. The minimum Gasteiger partial charge on any atom is -0.493 e. The van der Waals surface area contributed by atoms with Gasteiger partial charge in [0.15, 0.2) is 5.78 Å². The average molecular weight is 410 g/mol. The second kappa shape index (κ2) is 11.2. The number of ketones is 1. The van der Waals surface area contributed by atoms with E-state index in [0.29, 0.717) is 30.1 Å². The fourth-order valence-corrected chi connectivity index (χ4v) is 3.09. The normalized spacial score (nSPS) is 10.8. The Morgan fingerprint density at radius 2 is 1.50 bits per heavy atom. The molecule has 0 aliphatic carbocycles. The Balaban J connectivity index is 2.29. The van der Waals surface area contributed by atoms with E-state index in [0.717, 1.165) is 29.7 Å². The van der Waals surface area contributed by atoms with Gasteiger partial charge >= 0.3 is 0 Å². The van der Waals surface area contributed by atoms with E-state index < -0.39 is 0 Å². The van der Waals surface area contributed by atoms with Crippen LogP contribution < -0.4 is 9.47 Å². The molecule has 0 bridgehead atoms. The van der Waals surface area contributed by atoms with Crippen LogP contribution in [0.15, 0.2) is 42.5 Å². The number of benzene rings is 2. The molecule has 0 N–H and O–H groups in total. The fourth-order valence-electron chi connectivity index (χ4n) is 3.09. The van der Waals surface area contributed by atoms with Crippen LogP contribution in [0.2, 0.25) is 0 Å². The highest BCUT2D eigenvalue weighted by molar-refractivity contribution is 6.07. The van der Waals surface area contributed by atoms with Crippen molar-refractivity contribution < 1.29 is 19.1 Å². The Kier molecular flexibility index (Phi) is 8.66. The number of amides is 1. The Morgan fingerprint density at radius 3 is 2.07 bits per heavy atom. The molecule has 0 aliphatic rings. The van der Waals surface area contributed by atoms with Crippen molar-refractivity contribution in [1.29, 1.82) is 0 Å². The number of allylic oxidation sites excluding steroid dienone is 1. The Bertz CT molecular complexity index is 898. The number of nitrogens with zero attached hydrogens (tertiary/aromatic N) is 1. The fraction of sp³-hybridized carbons (Fsp3) is 0.360. The van der Waals surface area contributed by atoms with Gasteiger partial charge in [0.1, 0.15) is 11.5 Å². The van der Waals surface area contributed by atoms with Crippen molar-refractivity contribution in [2.45, 2.75) is 33.6 Å². The van der Waals surface area contributed by atoms with Gasteiger partial charge in [-0.15, -0.1) is 0 Å². The van der Waals surface area contributed by atoms with Crippen LogP contribution >= 0.6 is 0 Å². The molecule has 30 heavy (non-hydrogen) atoms. The summed E-state index contributed by atoms with van der Waals surface area (Å²) in [7, 11) is 3.40. The van der Waals surface area contributed by atoms with Crippen LogP contribution in [0.25, 0.3) is 6.08 Å². The molecule has 5 nitrogen and oxygen atoms in total. The summed E-state index contributed by atoms with van der Waals surface area (Å²) in [6.07, 6.45) is 5.20. The molecule has 5 heteroatoms. The van der Waals surface area contributed by atoms with E-state index in [2.05, 4.69) is 6.92 Å². The quantitative estimate of drug-likeness (QED) is 0.408. The highest BCUT2D eigenvalue weighted by Gasteiger charge is 2.12. The van der Waals surface area contributed by atoms with E-state index in [9.17, 15) is 9.59 Å². The van der Waals surface area contributed by atoms with Crippen LogP contribution in [-0.4, -0.2) is 43.9 Å². The van der Waals surface area contributed by atoms with Gasteiger partial charge in [0, 0.05) is 36.9 Å². The first kappa shape index (κ1) is 23.2. The third-order valence-corrected chi connectivity index (χ3v) is 4.55. The number of rotatable bonds is 10. The van der Waals surface area contributed by atoms with E-state index in [1.54, 1.807) is 44.4 Å². The highest BCUT2D eigenvalue weighted by Crippen LogP contribution is 2.31. The van der Waals surface area contributed by atoms with Gasteiger partial charge in [-0.3, -0.25) is 9.59 Å². The summed E-state index contributed by atoms with van der Waals surface area (Å²) < 4.78 is 11.5. The molecule has 0 aliphatic heterocycles. The van der Waals surface area contributed by atoms with Crippen molar-refractivity contribution in [3.8, 4) is 11.5 Å². The monoisotopic (exact) mass is 409 g/mol. The van der Waals surface area contributed by atoms with Crippen molar-refractivity contribution in [2.75, 3.05) is 27.3 Å². The van der Waals surface area contributed by atoms with Crippen LogP contribution in [0.3, 0.4) is 0 Å². The lowest BCUT2D eigenvalue weighted by atomic mass is 10.0. The topological polar surface area (TPSA) is 55.8 Å². The first-order chi connectivity index (χ1) is 14.4. The molecule has 2 aromatic rings. The van der Waals surface area contributed by atoms with Gasteiger partial charge in [0.2, 0.25) is 0 Å². The molecule has 1 amide bonds. The smallest absolute Gasteiger partial charge is 0.253 e. The van der Waals surface area contributed by atoms with Gasteiger partial charge in [-0.2, -0.15) is 0 Å². The zero-order chi connectivity index (χ0) is 22.1. The number of hydrogen-bond donors (Lipinski definition) is 0. The molecule has 0 atom stereocenters. The molecule has 0 saturated heterocycles. The van der Waals surface area contributed by atoms with E-state index >= 15 is 0 Å². The van der Waals surface area contributed by atoms with E-state index in [1.807, 2.05) is 26.0 Å². The molecular weight excluding hydrogens is 378 g/mol. The van der Waals surface area contributed by atoms with Gasteiger partial charge in [0.25, 0.3) is 5.91 Å². The van der Waals surface area contributed by atoms with Crippen LogP contribution in [0.1, 0.15) is 59.0 Å². The largest absolute Gasteiger partial charge is 0.493 e. The molecule has 0 fully saturated rings. The lowest BCUT2D eigenvalue weighted by Gasteiger charge is -2.15. The number of carbonyl (C=O) groups excluding carboxylic acids is 2. The van der Waals surface area contributed by atoms with Gasteiger partial charge in [0.05, 0.1) is 13.2 Å². The summed E-state index contributed by atoms with van der Waals surface area (Å²) in [5, 5.41) is 0. The van der Waals surface area contributed by atoms with E-state index in [-0.39, 0.29) is 11.7 Å². The Morgan fingerprint density at radius 1 is 0.900 bits per heavy atom. The molecule has 2 rings (SSSR count). The molecule has 0 unspecified atom stereocenters. The van der Waals surface area contributed by atoms with Crippen LogP contribution in [-0.2, 0) is 6.42 Å². The summed E-state index contributed by atoms with van der Waals surface area (Å²) in [5.41, 5.74) is 3.02. The third-order valence-electron chi connectivity index (χ3n) is 4.55. The van der Waals surface area contributed by atoms with E-state index in [1.165, 1.54) is 11.0 Å². The first-order valence-electron chi connectivity index (χ1n) is 10.4. The van der Waals surface area contributed by atoms with Gasteiger partial charge < -0.3 is 14.4 Å². The van der Waals surface area contributed by atoms with Crippen molar-refractivity contribution in [3.05, 3.63) is 64.7 Å². The van der Waals surface area contributed by atoms with Crippen LogP contribution in [0.5, 0.6) is 11.5 Å². The molecule has 160 valence electrons. The average Bonchev–Trinajstić information content (AvgIpc) is 2.74. The minimum atomic E-state index is -0.132. The molecule has 0 saturated carbocycles. The Labute approximate surface area is 179 Å². The SMILES string of the molecule is CCCc1cc(C=CC(=O)c2ccc(C(=O)N(C)C)cc2)c(OCC)cc1OCC. The maximum Gasteiger partial charge on any atom is 0.253 e. The predicted molar refractivity (Wildman–Crippen MR) is 121 cm³/mol. The summed E-state index contributed by atoms with van der Waals surface area (Å²) in [4.78, 5) is 26.1. The van der Waals surface area contributed by atoms with Gasteiger partial charge in [-0.25, -0.2) is 0 Å². The molecule has 0 heterocycles. The molecular formula is C25H31NO4. The summed E-state index contributed by atoms with van der Waals surface area (Å²) in [6.45, 7) is 7.11. The van der Waals surface area contributed by atoms with Crippen molar-refractivity contribution >= 4 is 17.8 Å². The molecule has 0 radical (unpaired) electrons. The maximum absolute atomic E-state index is 12.6. The summed E-state index contributed by atoms with van der Waals surface area (Å²) in [6, 6.07) is 10.6. The predicted octanol–water partition coefficient (Wildman–Crippen LogP) is 5.03. The van der Waals surface area contributed by atoms with Crippen LogP contribution in [0, 0.1) is 0 Å². The third kappa shape index (κ3) is 5.96. The minimum absolute atomic E-state index is 0.0938. The van der Waals surface area contributed by atoms with E-state index in [4.69, 9.17) is 9.47 Å². The number of aryl methyl sites for hydroxylation is 1. The molecule has 2 aromatic carbocycles. The van der Waals surface area contributed by atoms with Crippen LogP contribution in [0.4, 0.5) is 0 Å². The zero-order valence-corrected chi connectivity index (χ0v) is 18.5. The lowest BCUT2D eigenvalue weighted by Crippen LogP contribution is -2.21. The van der Waals surface area contributed by atoms with Crippen molar-refractivity contribution in [1.82, 2.24) is 4.90 Å². The molecule has 0 aromatic heterocycles. The van der Waals surface area contributed by atoms with Gasteiger partial charge in [-0.1, -0.05) is 25.5 Å². The second-order valence-corrected chi connectivity index (χ2v) is 7.09. The Hall–Kier alpha value is -3.08. The highest BCUT2D eigenvalue weighted by atomic mass is 16.5. The summed E-state index contributed by atoms with van der Waals surface area (Å²) >= 11 is 0. The van der Waals surface area contributed by atoms with Gasteiger partial charge in [-0.05, 0) is 56.2 Å². The number of hydrogen-bond acceptors (Lipinski definition) is 4. The molecule has 0 spiro atoms. The van der Waals surface area contributed by atoms with Crippen molar-refractivity contribution in [3.63, 3.8) is 0 Å². The van der Waals surface area contributed by atoms with Crippen molar-refractivity contribution in [2.24, 2.45) is 0 Å². The lowest BCUT2D eigenvalue weighted by molar-refractivity contribution is 0.0827. The summed E-state index contributed by atoms with van der Waals surface area (Å²) in [5.74, 6) is 1.29. The first-order valence-corrected chi connectivity index (χ1v) is 10.4. The number of ether oxygens (including phenoxy) is 2.